The number of amides is 1. The molecule has 0 saturated carbocycles. The summed E-state index contributed by atoms with van der Waals surface area (Å²) in [6.45, 7) is 3.33. The molecule has 0 aliphatic rings. The summed E-state index contributed by atoms with van der Waals surface area (Å²) in [4.78, 5) is 15.9. The van der Waals surface area contributed by atoms with Crippen molar-refractivity contribution in [3.63, 3.8) is 0 Å². The van der Waals surface area contributed by atoms with Crippen LogP contribution in [0.5, 0.6) is 0 Å². The van der Waals surface area contributed by atoms with Crippen LogP contribution in [0.3, 0.4) is 0 Å². The minimum atomic E-state index is 0.0526. The highest BCUT2D eigenvalue weighted by molar-refractivity contribution is 5.94. The van der Waals surface area contributed by atoms with Crippen LogP contribution in [-0.4, -0.2) is 45.0 Å². The van der Waals surface area contributed by atoms with E-state index in [1.807, 2.05) is 51.2 Å². The second kappa shape index (κ2) is 6.40. The fourth-order valence-corrected chi connectivity index (χ4v) is 1.94. The largest absolute Gasteiger partial charge is 0.377 e. The number of carbonyl (C=O) groups excluding carboxylic acids is 1. The maximum absolute atomic E-state index is 12.2. The number of anilines is 1. The minimum absolute atomic E-state index is 0.0526. The lowest BCUT2D eigenvalue weighted by Crippen LogP contribution is -2.29. The van der Waals surface area contributed by atoms with Crippen LogP contribution in [0.4, 0.5) is 5.69 Å². The molecule has 0 fully saturated rings. The highest BCUT2D eigenvalue weighted by atomic mass is 16.2. The van der Waals surface area contributed by atoms with Gasteiger partial charge in [-0.25, -0.2) is 0 Å². The summed E-state index contributed by atoms with van der Waals surface area (Å²) in [5.74, 6) is 0.0526. The standard InChI is InChI=1S/C14H23N3O/c1-11-10-12(6-7-13(11)16(2)3)14(18)17(4)9-5-8-15/h6-7,10H,5,8-9,15H2,1-4H3. The van der Waals surface area contributed by atoms with Crippen LogP contribution in [0.1, 0.15) is 22.3 Å². The molecule has 0 heterocycles. The Hall–Kier alpha value is -1.55. The van der Waals surface area contributed by atoms with Gasteiger partial charge < -0.3 is 15.5 Å². The molecule has 18 heavy (non-hydrogen) atoms. The lowest BCUT2D eigenvalue weighted by Gasteiger charge is -2.19. The van der Waals surface area contributed by atoms with Crippen molar-refractivity contribution in [2.45, 2.75) is 13.3 Å². The Balaban J connectivity index is 2.84. The summed E-state index contributed by atoms with van der Waals surface area (Å²) >= 11 is 0. The van der Waals surface area contributed by atoms with Crippen LogP contribution in [0, 0.1) is 6.92 Å². The number of benzene rings is 1. The third-order valence-electron chi connectivity index (χ3n) is 2.97. The van der Waals surface area contributed by atoms with E-state index in [9.17, 15) is 4.79 Å². The van der Waals surface area contributed by atoms with E-state index >= 15 is 0 Å². The van der Waals surface area contributed by atoms with Gasteiger partial charge in [0.05, 0.1) is 0 Å². The predicted octanol–water partition coefficient (Wildman–Crippen LogP) is 1.48. The Kier molecular flexibility index (Phi) is 5.16. The maximum Gasteiger partial charge on any atom is 0.253 e. The molecule has 0 atom stereocenters. The Bertz CT molecular complexity index is 416. The third-order valence-corrected chi connectivity index (χ3v) is 2.97. The molecule has 0 radical (unpaired) electrons. The molecule has 1 amide bonds. The second-order valence-electron chi connectivity index (χ2n) is 4.76. The van der Waals surface area contributed by atoms with Gasteiger partial charge in [0.2, 0.25) is 0 Å². The molecule has 1 aromatic rings. The average molecular weight is 249 g/mol. The number of nitrogens with zero attached hydrogens (tertiary/aromatic N) is 2. The lowest BCUT2D eigenvalue weighted by atomic mass is 10.1. The molecular formula is C14H23N3O. The van der Waals surface area contributed by atoms with Crippen molar-refractivity contribution < 1.29 is 4.79 Å². The molecular weight excluding hydrogens is 226 g/mol. The topological polar surface area (TPSA) is 49.6 Å². The zero-order valence-electron chi connectivity index (χ0n) is 11.7. The van der Waals surface area contributed by atoms with Crippen molar-refractivity contribution in [2.75, 3.05) is 39.1 Å². The highest BCUT2D eigenvalue weighted by Gasteiger charge is 2.12. The molecule has 2 N–H and O–H groups in total. The van der Waals surface area contributed by atoms with E-state index in [2.05, 4.69) is 0 Å². The summed E-state index contributed by atoms with van der Waals surface area (Å²) in [6, 6.07) is 5.81. The minimum Gasteiger partial charge on any atom is -0.377 e. The van der Waals surface area contributed by atoms with E-state index < -0.39 is 0 Å². The zero-order chi connectivity index (χ0) is 13.7. The van der Waals surface area contributed by atoms with E-state index in [0.29, 0.717) is 13.1 Å². The quantitative estimate of drug-likeness (QED) is 0.860. The molecule has 4 heteroatoms. The first kappa shape index (κ1) is 14.5. The van der Waals surface area contributed by atoms with Crippen molar-refractivity contribution in [3.8, 4) is 0 Å². The van der Waals surface area contributed by atoms with E-state index in [0.717, 1.165) is 23.2 Å². The van der Waals surface area contributed by atoms with Crippen LogP contribution >= 0.6 is 0 Å². The smallest absolute Gasteiger partial charge is 0.253 e. The van der Waals surface area contributed by atoms with Crippen LogP contribution < -0.4 is 10.6 Å². The van der Waals surface area contributed by atoms with Crippen molar-refractivity contribution in [1.29, 1.82) is 0 Å². The van der Waals surface area contributed by atoms with Gasteiger partial charge in [0, 0.05) is 38.9 Å². The van der Waals surface area contributed by atoms with E-state index in [1.165, 1.54) is 0 Å². The van der Waals surface area contributed by atoms with Crippen LogP contribution in [-0.2, 0) is 0 Å². The van der Waals surface area contributed by atoms with Gasteiger partial charge in [-0.15, -0.1) is 0 Å². The highest BCUT2D eigenvalue weighted by Crippen LogP contribution is 2.19. The van der Waals surface area contributed by atoms with E-state index in [1.54, 1.807) is 4.90 Å². The van der Waals surface area contributed by atoms with Crippen molar-refractivity contribution in [2.24, 2.45) is 5.73 Å². The molecule has 0 aliphatic heterocycles. The first-order valence-electron chi connectivity index (χ1n) is 6.21. The van der Waals surface area contributed by atoms with Crippen LogP contribution in [0.25, 0.3) is 0 Å². The van der Waals surface area contributed by atoms with Gasteiger partial charge in [0.1, 0.15) is 0 Å². The molecule has 0 aromatic heterocycles. The Morgan fingerprint density at radius 3 is 2.44 bits per heavy atom. The molecule has 0 saturated heterocycles. The van der Waals surface area contributed by atoms with Crippen molar-refractivity contribution >= 4 is 11.6 Å². The normalized spacial score (nSPS) is 10.3. The monoisotopic (exact) mass is 249 g/mol. The SMILES string of the molecule is Cc1cc(C(=O)N(C)CCCN)ccc1N(C)C. The molecule has 0 aliphatic carbocycles. The molecule has 1 rings (SSSR count). The van der Waals surface area contributed by atoms with Crippen LogP contribution in [0.15, 0.2) is 18.2 Å². The maximum atomic E-state index is 12.2. The number of aryl methyl sites for hydroxylation is 1. The first-order valence-corrected chi connectivity index (χ1v) is 6.21. The van der Waals surface area contributed by atoms with Gasteiger partial charge in [-0.2, -0.15) is 0 Å². The number of hydrogen-bond donors (Lipinski definition) is 1. The summed E-state index contributed by atoms with van der Waals surface area (Å²) in [7, 11) is 5.81. The summed E-state index contributed by atoms with van der Waals surface area (Å²) in [5, 5.41) is 0. The number of carbonyl (C=O) groups is 1. The van der Waals surface area contributed by atoms with Gasteiger partial charge in [-0.1, -0.05) is 0 Å². The Morgan fingerprint density at radius 2 is 1.94 bits per heavy atom. The Morgan fingerprint density at radius 1 is 1.28 bits per heavy atom. The summed E-state index contributed by atoms with van der Waals surface area (Å²) in [6.07, 6.45) is 0.830. The third kappa shape index (κ3) is 3.47. The van der Waals surface area contributed by atoms with Crippen molar-refractivity contribution in [1.82, 2.24) is 4.90 Å². The summed E-state index contributed by atoms with van der Waals surface area (Å²) in [5.41, 5.74) is 8.43. The van der Waals surface area contributed by atoms with E-state index in [4.69, 9.17) is 5.73 Å². The number of hydrogen-bond acceptors (Lipinski definition) is 3. The molecule has 100 valence electrons. The molecule has 0 unspecified atom stereocenters. The van der Waals surface area contributed by atoms with Gasteiger partial charge >= 0.3 is 0 Å². The van der Waals surface area contributed by atoms with Crippen molar-refractivity contribution in [3.05, 3.63) is 29.3 Å². The predicted molar refractivity (Wildman–Crippen MR) is 76.1 cm³/mol. The zero-order valence-corrected chi connectivity index (χ0v) is 11.7. The van der Waals surface area contributed by atoms with Gasteiger partial charge in [0.25, 0.3) is 5.91 Å². The van der Waals surface area contributed by atoms with E-state index in [-0.39, 0.29) is 5.91 Å². The molecule has 0 bridgehead atoms. The lowest BCUT2D eigenvalue weighted by molar-refractivity contribution is 0.0794. The number of rotatable bonds is 5. The average Bonchev–Trinajstić information content (AvgIpc) is 2.34. The molecule has 0 spiro atoms. The van der Waals surface area contributed by atoms with Gasteiger partial charge in [-0.05, 0) is 43.7 Å². The molecule has 1 aromatic carbocycles. The number of nitrogens with two attached hydrogens (primary N) is 1. The van der Waals surface area contributed by atoms with Gasteiger partial charge in [-0.3, -0.25) is 4.79 Å². The fourth-order valence-electron chi connectivity index (χ4n) is 1.94. The summed E-state index contributed by atoms with van der Waals surface area (Å²) < 4.78 is 0. The Labute approximate surface area is 109 Å². The van der Waals surface area contributed by atoms with Gasteiger partial charge in [0.15, 0.2) is 0 Å². The van der Waals surface area contributed by atoms with Crippen LogP contribution in [0.2, 0.25) is 0 Å². The fraction of sp³-hybridized carbons (Fsp3) is 0.500. The first-order chi connectivity index (χ1) is 8.47. The molecule has 4 nitrogen and oxygen atoms in total. The second-order valence-corrected chi connectivity index (χ2v) is 4.76.